The maximum absolute atomic E-state index is 10.00. The second-order valence-electron chi connectivity index (χ2n) is 4.47. The predicted molar refractivity (Wildman–Crippen MR) is 65.2 cm³/mol. The minimum absolute atomic E-state index is 0.109. The topological polar surface area (TPSA) is 126 Å². The Morgan fingerprint density at radius 2 is 2.37 bits per heavy atom. The van der Waals surface area contributed by atoms with Crippen LogP contribution in [0, 0.1) is 0 Å². The summed E-state index contributed by atoms with van der Waals surface area (Å²) >= 11 is 6.27. The van der Waals surface area contributed by atoms with Crippen LogP contribution in [0.5, 0.6) is 0 Å². The van der Waals surface area contributed by atoms with Gasteiger partial charge in [0, 0.05) is 6.20 Å². The van der Waals surface area contributed by atoms with E-state index in [0.29, 0.717) is 0 Å². The third kappa shape index (κ3) is 2.27. The molecule has 2 heterocycles. The van der Waals surface area contributed by atoms with Gasteiger partial charge in [0.05, 0.1) is 6.61 Å². The van der Waals surface area contributed by atoms with Crippen LogP contribution in [0.4, 0.5) is 5.82 Å². The summed E-state index contributed by atoms with van der Waals surface area (Å²) < 4.78 is 6.82. The quantitative estimate of drug-likeness (QED) is 0.314. The first kappa shape index (κ1) is 14.1. The second-order valence-corrected chi connectivity index (χ2v) is 5.28. The Morgan fingerprint density at radius 3 is 2.89 bits per heavy atom. The average molecular weight is 291 g/mol. The Labute approximate surface area is 113 Å². The van der Waals surface area contributed by atoms with Crippen LogP contribution in [0.1, 0.15) is 13.2 Å². The van der Waals surface area contributed by atoms with Gasteiger partial charge < -0.3 is 25.9 Å². The van der Waals surface area contributed by atoms with Crippen LogP contribution in [0.25, 0.3) is 0 Å². The number of hydrogen-bond acceptors (Lipinski definition) is 7. The highest BCUT2D eigenvalue weighted by Crippen LogP contribution is 2.42. The van der Waals surface area contributed by atoms with Gasteiger partial charge in [-0.1, -0.05) is 0 Å². The third-order valence-corrected chi connectivity index (χ3v) is 3.52. The van der Waals surface area contributed by atoms with E-state index in [1.54, 1.807) is 6.92 Å². The van der Waals surface area contributed by atoms with Gasteiger partial charge in [-0.05, 0) is 18.1 Å². The number of nitrogen functional groups attached to an aromatic ring is 1. The molecule has 1 aromatic rings. The standard InChI is InChI=1S/C10H15ClN4O4/c1-10(11)7(17)5(4-16)19-8(10)15-3-2-6(12)13-9(15)14-18/h2-3,5,7-8,16-18H,4H2,1H3,(H2,12,13,14)/t5-,7-,8-,10-/m1/s1. The summed E-state index contributed by atoms with van der Waals surface area (Å²) in [6, 6.07) is 1.48. The van der Waals surface area contributed by atoms with E-state index in [-0.39, 0.29) is 18.0 Å². The van der Waals surface area contributed by atoms with Crippen molar-refractivity contribution in [3.8, 4) is 0 Å². The van der Waals surface area contributed by atoms with Gasteiger partial charge in [0.2, 0.25) is 0 Å². The third-order valence-electron chi connectivity index (χ3n) is 3.11. The Balaban J connectivity index is 2.48. The molecule has 0 amide bonds. The number of hydrogen-bond donors (Lipinski definition) is 4. The molecule has 0 spiro atoms. The van der Waals surface area contributed by atoms with E-state index in [1.807, 2.05) is 0 Å². The van der Waals surface area contributed by atoms with Crippen molar-refractivity contribution in [2.45, 2.75) is 30.2 Å². The van der Waals surface area contributed by atoms with Gasteiger partial charge in [-0.2, -0.15) is 4.98 Å². The number of aliphatic hydroxyl groups excluding tert-OH is 2. The Bertz CT molecular complexity index is 533. The van der Waals surface area contributed by atoms with Gasteiger partial charge in [0.15, 0.2) is 6.23 Å². The highest BCUT2D eigenvalue weighted by Gasteiger charge is 2.53. The van der Waals surface area contributed by atoms with Gasteiger partial charge >= 0.3 is 0 Å². The number of ether oxygens (including phenoxy) is 1. The number of aliphatic hydroxyl groups is 2. The Morgan fingerprint density at radius 1 is 1.68 bits per heavy atom. The Kier molecular flexibility index (Phi) is 3.68. The average Bonchev–Trinajstić information content (AvgIpc) is 2.61. The van der Waals surface area contributed by atoms with Crippen LogP contribution in [0.2, 0.25) is 0 Å². The lowest BCUT2D eigenvalue weighted by Crippen LogP contribution is -2.42. The molecular weight excluding hydrogens is 276 g/mol. The van der Waals surface area contributed by atoms with Gasteiger partial charge in [-0.3, -0.25) is 4.57 Å². The van der Waals surface area contributed by atoms with Crippen LogP contribution in [0.3, 0.4) is 0 Å². The predicted octanol–water partition coefficient (Wildman–Crippen LogP) is -0.997. The normalized spacial score (nSPS) is 35.8. The fraction of sp³-hybridized carbons (Fsp3) is 0.600. The molecular formula is C10H15ClN4O4. The molecule has 1 fully saturated rings. The molecule has 0 saturated carbocycles. The molecule has 0 radical (unpaired) electrons. The van der Waals surface area contributed by atoms with Crippen molar-refractivity contribution in [1.82, 2.24) is 9.55 Å². The van der Waals surface area contributed by atoms with E-state index in [4.69, 9.17) is 32.4 Å². The zero-order valence-electron chi connectivity index (χ0n) is 10.1. The first-order chi connectivity index (χ1) is 8.91. The number of aromatic nitrogens is 2. The van der Waals surface area contributed by atoms with Gasteiger partial charge in [0.1, 0.15) is 22.9 Å². The number of nitrogens with zero attached hydrogens (tertiary/aromatic N) is 3. The molecule has 0 aromatic carbocycles. The van der Waals surface area contributed by atoms with Gasteiger partial charge in [-0.25, -0.2) is 0 Å². The van der Waals surface area contributed by atoms with Crippen molar-refractivity contribution >= 4 is 17.4 Å². The van der Waals surface area contributed by atoms with E-state index in [2.05, 4.69) is 10.1 Å². The lowest BCUT2D eigenvalue weighted by atomic mass is 10.0. The summed E-state index contributed by atoms with van der Waals surface area (Å²) in [5, 5.41) is 31.1. The smallest absolute Gasteiger partial charge is 0.270 e. The molecule has 1 aliphatic heterocycles. The highest BCUT2D eigenvalue weighted by atomic mass is 35.5. The van der Waals surface area contributed by atoms with E-state index >= 15 is 0 Å². The summed E-state index contributed by atoms with van der Waals surface area (Å²) in [7, 11) is 0. The van der Waals surface area contributed by atoms with Gasteiger partial charge in [-0.15, -0.1) is 11.6 Å². The van der Waals surface area contributed by atoms with Crippen molar-refractivity contribution in [3.05, 3.63) is 17.9 Å². The van der Waals surface area contributed by atoms with Crippen molar-refractivity contribution < 1.29 is 20.2 Å². The van der Waals surface area contributed by atoms with E-state index in [9.17, 15) is 5.11 Å². The number of halogens is 1. The number of nitrogens with two attached hydrogens (primary N) is 1. The molecule has 19 heavy (non-hydrogen) atoms. The van der Waals surface area contributed by atoms with Crippen LogP contribution in [-0.2, 0) is 4.74 Å². The van der Waals surface area contributed by atoms with Crippen LogP contribution >= 0.6 is 11.6 Å². The molecule has 1 aliphatic rings. The van der Waals surface area contributed by atoms with Crippen molar-refractivity contribution in [2.75, 3.05) is 12.3 Å². The van der Waals surface area contributed by atoms with Crippen molar-refractivity contribution in [3.63, 3.8) is 0 Å². The first-order valence-electron chi connectivity index (χ1n) is 5.58. The summed E-state index contributed by atoms with van der Waals surface area (Å²) in [5.74, 6) is 0.164. The molecule has 4 atom stereocenters. The number of anilines is 1. The van der Waals surface area contributed by atoms with Gasteiger partial charge in [0.25, 0.3) is 5.62 Å². The van der Waals surface area contributed by atoms with E-state index in [1.165, 1.54) is 16.8 Å². The molecule has 9 heteroatoms. The van der Waals surface area contributed by atoms with Crippen LogP contribution in [0.15, 0.2) is 17.4 Å². The maximum atomic E-state index is 10.00. The molecule has 1 aromatic heterocycles. The SMILES string of the molecule is C[C@@]1(Cl)[C@H](O)[C@@H](CO)O[C@H]1n1ccc(N)n/c1=N\O. The lowest BCUT2D eigenvalue weighted by Gasteiger charge is -2.26. The molecule has 0 bridgehead atoms. The lowest BCUT2D eigenvalue weighted by molar-refractivity contribution is -0.0478. The van der Waals surface area contributed by atoms with E-state index in [0.717, 1.165) is 0 Å². The van der Waals surface area contributed by atoms with Crippen molar-refractivity contribution in [2.24, 2.45) is 5.16 Å². The monoisotopic (exact) mass is 290 g/mol. The summed E-state index contributed by atoms with van der Waals surface area (Å²) in [6.45, 7) is 1.18. The molecule has 0 unspecified atom stereocenters. The summed E-state index contributed by atoms with van der Waals surface area (Å²) in [4.78, 5) is 2.61. The minimum atomic E-state index is -1.21. The van der Waals surface area contributed by atoms with Crippen LogP contribution in [-0.4, -0.2) is 48.7 Å². The zero-order valence-corrected chi connectivity index (χ0v) is 10.9. The van der Waals surface area contributed by atoms with E-state index < -0.39 is 23.3 Å². The highest BCUT2D eigenvalue weighted by molar-refractivity contribution is 6.24. The minimum Gasteiger partial charge on any atom is -0.408 e. The summed E-state index contributed by atoms with van der Waals surface area (Å²) in [5.41, 5.74) is 5.38. The van der Waals surface area contributed by atoms with Crippen LogP contribution < -0.4 is 11.4 Å². The molecule has 0 aliphatic carbocycles. The van der Waals surface area contributed by atoms with Crippen molar-refractivity contribution in [1.29, 1.82) is 0 Å². The second kappa shape index (κ2) is 4.97. The number of alkyl halides is 1. The molecule has 1 saturated heterocycles. The first-order valence-corrected chi connectivity index (χ1v) is 5.95. The fourth-order valence-corrected chi connectivity index (χ4v) is 2.35. The largest absolute Gasteiger partial charge is 0.408 e. The summed E-state index contributed by atoms with van der Waals surface area (Å²) in [6.07, 6.45) is -1.29. The zero-order chi connectivity index (χ0) is 14.2. The molecule has 5 N–H and O–H groups in total. The Hall–Kier alpha value is -1.35. The maximum Gasteiger partial charge on any atom is 0.270 e. The molecule has 8 nitrogen and oxygen atoms in total. The molecule has 106 valence electrons. The fourth-order valence-electron chi connectivity index (χ4n) is 2.05. The molecule has 2 rings (SSSR count). The number of rotatable bonds is 2.